The van der Waals surface area contributed by atoms with Gasteiger partial charge in [-0.2, -0.15) is 0 Å². The second-order valence-electron chi connectivity index (χ2n) is 7.14. The van der Waals surface area contributed by atoms with E-state index in [4.69, 9.17) is 4.74 Å². The molecule has 0 saturated carbocycles. The predicted octanol–water partition coefficient (Wildman–Crippen LogP) is 3.47. The number of benzene rings is 1. The quantitative estimate of drug-likeness (QED) is 0.810. The first-order valence-electron chi connectivity index (χ1n) is 9.47. The summed E-state index contributed by atoms with van der Waals surface area (Å²) < 4.78 is 6.01. The van der Waals surface area contributed by atoms with Crippen LogP contribution >= 0.6 is 12.4 Å². The molecule has 2 unspecified atom stereocenters. The summed E-state index contributed by atoms with van der Waals surface area (Å²) in [4.78, 5) is 12.2. The molecule has 2 heterocycles. The Morgan fingerprint density at radius 2 is 1.92 bits per heavy atom. The number of hydrogen-bond donors (Lipinski definition) is 2. The minimum atomic E-state index is 0. The molecule has 1 aromatic carbocycles. The number of carbonyl (C=O) groups is 1. The Balaban J connectivity index is 0.00000225. The highest BCUT2D eigenvalue weighted by Gasteiger charge is 2.27. The number of amides is 1. The molecule has 0 radical (unpaired) electrons. The molecule has 2 saturated heterocycles. The molecule has 25 heavy (non-hydrogen) atoms. The van der Waals surface area contributed by atoms with E-state index in [9.17, 15) is 4.79 Å². The highest BCUT2D eigenvalue weighted by Crippen LogP contribution is 2.33. The number of ether oxygens (including phenoxy) is 1. The molecule has 0 aromatic heterocycles. The molecule has 2 fully saturated rings. The van der Waals surface area contributed by atoms with Crippen molar-refractivity contribution >= 4 is 18.3 Å². The van der Waals surface area contributed by atoms with Crippen LogP contribution in [0, 0.1) is 11.8 Å². The van der Waals surface area contributed by atoms with Crippen molar-refractivity contribution in [1.82, 2.24) is 10.6 Å². The molecule has 2 aliphatic rings. The lowest BCUT2D eigenvalue weighted by Gasteiger charge is -2.32. The molecular formula is C20H31ClN2O2. The van der Waals surface area contributed by atoms with Gasteiger partial charge in [0.25, 0.3) is 0 Å². The van der Waals surface area contributed by atoms with Gasteiger partial charge in [-0.15, -0.1) is 12.4 Å². The van der Waals surface area contributed by atoms with E-state index < -0.39 is 0 Å². The maximum absolute atomic E-state index is 12.2. The van der Waals surface area contributed by atoms with Crippen molar-refractivity contribution in [1.29, 1.82) is 0 Å². The molecule has 2 atom stereocenters. The van der Waals surface area contributed by atoms with E-state index in [0.717, 1.165) is 45.5 Å². The summed E-state index contributed by atoms with van der Waals surface area (Å²) in [6.07, 6.45) is 6.42. The predicted molar refractivity (Wildman–Crippen MR) is 103 cm³/mol. The Morgan fingerprint density at radius 1 is 1.16 bits per heavy atom. The number of piperidine rings is 1. The van der Waals surface area contributed by atoms with Gasteiger partial charge in [0.05, 0.1) is 6.10 Å². The van der Waals surface area contributed by atoms with Crippen molar-refractivity contribution in [2.45, 2.75) is 44.6 Å². The summed E-state index contributed by atoms with van der Waals surface area (Å²) in [5, 5.41) is 6.53. The van der Waals surface area contributed by atoms with Crippen molar-refractivity contribution in [3.05, 3.63) is 35.9 Å². The van der Waals surface area contributed by atoms with E-state index in [0.29, 0.717) is 18.3 Å². The van der Waals surface area contributed by atoms with Gasteiger partial charge in [0, 0.05) is 25.5 Å². The molecular weight excluding hydrogens is 336 g/mol. The Morgan fingerprint density at radius 3 is 2.68 bits per heavy atom. The molecule has 0 spiro atoms. The Hall–Kier alpha value is -1.10. The lowest BCUT2D eigenvalue weighted by atomic mass is 9.89. The minimum absolute atomic E-state index is 0. The van der Waals surface area contributed by atoms with Crippen LogP contribution in [0.2, 0.25) is 0 Å². The molecule has 2 aliphatic heterocycles. The summed E-state index contributed by atoms with van der Waals surface area (Å²) in [6, 6.07) is 10.4. The van der Waals surface area contributed by atoms with Crippen molar-refractivity contribution in [2.24, 2.45) is 11.8 Å². The van der Waals surface area contributed by atoms with Crippen LogP contribution in [0.3, 0.4) is 0 Å². The van der Waals surface area contributed by atoms with Crippen LogP contribution in [-0.2, 0) is 9.53 Å². The van der Waals surface area contributed by atoms with Crippen molar-refractivity contribution in [3.63, 3.8) is 0 Å². The topological polar surface area (TPSA) is 50.4 Å². The van der Waals surface area contributed by atoms with Gasteiger partial charge in [-0.25, -0.2) is 0 Å². The van der Waals surface area contributed by atoms with Crippen LogP contribution in [0.15, 0.2) is 30.3 Å². The normalized spacial score (nSPS) is 24.3. The summed E-state index contributed by atoms with van der Waals surface area (Å²) in [5.74, 6) is 1.29. The van der Waals surface area contributed by atoms with E-state index in [1.54, 1.807) is 0 Å². The molecule has 2 N–H and O–H groups in total. The first kappa shape index (κ1) is 20.2. The van der Waals surface area contributed by atoms with E-state index >= 15 is 0 Å². The first-order valence-corrected chi connectivity index (χ1v) is 9.47. The van der Waals surface area contributed by atoms with E-state index in [-0.39, 0.29) is 24.4 Å². The van der Waals surface area contributed by atoms with Crippen LogP contribution in [0.25, 0.3) is 0 Å². The monoisotopic (exact) mass is 366 g/mol. The second kappa shape index (κ2) is 10.8. The van der Waals surface area contributed by atoms with Gasteiger partial charge in [-0.1, -0.05) is 30.3 Å². The zero-order valence-electron chi connectivity index (χ0n) is 14.9. The Kier molecular flexibility index (Phi) is 8.73. The number of hydrogen-bond acceptors (Lipinski definition) is 3. The van der Waals surface area contributed by atoms with Crippen molar-refractivity contribution < 1.29 is 9.53 Å². The van der Waals surface area contributed by atoms with E-state index in [1.165, 1.54) is 18.4 Å². The third-order valence-corrected chi connectivity index (χ3v) is 5.37. The van der Waals surface area contributed by atoms with Crippen LogP contribution in [0.5, 0.6) is 0 Å². The zero-order valence-corrected chi connectivity index (χ0v) is 15.7. The summed E-state index contributed by atoms with van der Waals surface area (Å²) >= 11 is 0. The SMILES string of the molecule is Cl.O=C(CCC1CCNCC1)NCC1CCCOC1c1ccccc1. The molecule has 5 heteroatoms. The van der Waals surface area contributed by atoms with Crippen LogP contribution in [0.4, 0.5) is 0 Å². The van der Waals surface area contributed by atoms with Gasteiger partial charge in [-0.05, 0) is 56.7 Å². The van der Waals surface area contributed by atoms with E-state index in [2.05, 4.69) is 34.9 Å². The smallest absolute Gasteiger partial charge is 0.220 e. The third-order valence-electron chi connectivity index (χ3n) is 5.37. The van der Waals surface area contributed by atoms with Gasteiger partial charge in [0.15, 0.2) is 0 Å². The van der Waals surface area contributed by atoms with Gasteiger partial charge in [-0.3, -0.25) is 4.79 Å². The third kappa shape index (κ3) is 6.28. The maximum Gasteiger partial charge on any atom is 0.220 e. The summed E-state index contributed by atoms with van der Waals surface area (Å²) in [5.41, 5.74) is 1.23. The number of halogens is 1. The minimum Gasteiger partial charge on any atom is -0.373 e. The molecule has 0 aliphatic carbocycles. The van der Waals surface area contributed by atoms with Crippen LogP contribution < -0.4 is 10.6 Å². The highest BCUT2D eigenvalue weighted by molar-refractivity contribution is 5.85. The Labute approximate surface area is 157 Å². The maximum atomic E-state index is 12.2. The average Bonchev–Trinajstić information content (AvgIpc) is 2.66. The fourth-order valence-corrected chi connectivity index (χ4v) is 3.90. The zero-order chi connectivity index (χ0) is 16.6. The lowest BCUT2D eigenvalue weighted by Crippen LogP contribution is -2.35. The fourth-order valence-electron chi connectivity index (χ4n) is 3.90. The molecule has 3 rings (SSSR count). The molecule has 0 bridgehead atoms. The molecule has 140 valence electrons. The van der Waals surface area contributed by atoms with Gasteiger partial charge in [0.2, 0.25) is 5.91 Å². The largest absolute Gasteiger partial charge is 0.373 e. The van der Waals surface area contributed by atoms with Gasteiger partial charge < -0.3 is 15.4 Å². The lowest BCUT2D eigenvalue weighted by molar-refractivity contribution is -0.122. The summed E-state index contributed by atoms with van der Waals surface area (Å²) in [7, 11) is 0. The van der Waals surface area contributed by atoms with Gasteiger partial charge >= 0.3 is 0 Å². The molecule has 4 nitrogen and oxygen atoms in total. The standard InChI is InChI=1S/C20H30N2O2.ClH/c23-19(9-8-16-10-12-21-13-11-16)22-15-18-7-4-14-24-20(18)17-5-2-1-3-6-17;/h1-3,5-6,16,18,20-21H,4,7-15H2,(H,22,23);1H. The number of carbonyl (C=O) groups excluding carboxylic acids is 1. The number of nitrogens with one attached hydrogen (secondary N) is 2. The van der Waals surface area contributed by atoms with Crippen LogP contribution in [0.1, 0.15) is 50.2 Å². The second-order valence-corrected chi connectivity index (χ2v) is 7.14. The van der Waals surface area contributed by atoms with Crippen molar-refractivity contribution in [3.8, 4) is 0 Å². The fraction of sp³-hybridized carbons (Fsp3) is 0.650. The Bertz CT molecular complexity index is 506. The average molecular weight is 367 g/mol. The first-order chi connectivity index (χ1) is 11.8. The van der Waals surface area contributed by atoms with Crippen LogP contribution in [-0.4, -0.2) is 32.1 Å². The highest BCUT2D eigenvalue weighted by atomic mass is 35.5. The number of rotatable bonds is 6. The molecule has 1 aromatic rings. The van der Waals surface area contributed by atoms with E-state index in [1.807, 2.05) is 6.07 Å². The van der Waals surface area contributed by atoms with Gasteiger partial charge in [0.1, 0.15) is 0 Å². The molecule has 1 amide bonds. The summed E-state index contributed by atoms with van der Waals surface area (Å²) in [6.45, 7) is 3.75. The van der Waals surface area contributed by atoms with Crippen molar-refractivity contribution in [2.75, 3.05) is 26.2 Å².